The zero-order valence-electron chi connectivity index (χ0n) is 12.8. The minimum Gasteiger partial charge on any atom is -0.355 e. The van der Waals surface area contributed by atoms with Gasteiger partial charge in [0.15, 0.2) is 6.29 Å². The quantitative estimate of drug-likeness (QED) is 0.742. The predicted octanol–water partition coefficient (Wildman–Crippen LogP) is 3.05. The second kappa shape index (κ2) is 7.46. The molecule has 0 heterocycles. The summed E-state index contributed by atoms with van der Waals surface area (Å²) in [5, 5.41) is 3.46. The molecule has 0 radical (unpaired) electrons. The highest BCUT2D eigenvalue weighted by atomic mass is 16.7. The smallest absolute Gasteiger partial charge is 0.169 e. The Hall–Kier alpha value is -0.120. The number of hydrogen-bond acceptors (Lipinski definition) is 3. The Morgan fingerprint density at radius 3 is 2.06 bits per heavy atom. The van der Waals surface area contributed by atoms with E-state index in [1.807, 2.05) is 0 Å². The van der Waals surface area contributed by atoms with E-state index in [4.69, 9.17) is 9.47 Å². The lowest BCUT2D eigenvalue weighted by molar-refractivity contribution is -0.0991. The molecule has 0 aliphatic heterocycles. The van der Waals surface area contributed by atoms with Gasteiger partial charge < -0.3 is 14.8 Å². The van der Waals surface area contributed by atoms with Gasteiger partial charge in [-0.1, -0.05) is 20.8 Å². The lowest BCUT2D eigenvalue weighted by Crippen LogP contribution is -2.35. The molecule has 0 bridgehead atoms. The molecule has 1 saturated carbocycles. The molecular formula is C15H31NO2. The number of ether oxygens (including phenoxy) is 2. The molecule has 0 aromatic rings. The molecule has 0 spiro atoms. The van der Waals surface area contributed by atoms with Crippen LogP contribution in [0.25, 0.3) is 0 Å². The third-order valence-corrected chi connectivity index (χ3v) is 4.34. The first-order valence-electron chi connectivity index (χ1n) is 7.23. The molecule has 3 nitrogen and oxygen atoms in total. The Morgan fingerprint density at radius 1 is 1.06 bits per heavy atom. The average Bonchev–Trinajstić information content (AvgIpc) is 2.34. The molecule has 108 valence electrons. The largest absolute Gasteiger partial charge is 0.355 e. The zero-order valence-corrected chi connectivity index (χ0v) is 12.8. The minimum atomic E-state index is -0.115. The van der Waals surface area contributed by atoms with E-state index in [0.717, 1.165) is 24.9 Å². The molecule has 0 aromatic heterocycles. The lowest BCUT2D eigenvalue weighted by Gasteiger charge is -2.37. The van der Waals surface area contributed by atoms with Gasteiger partial charge in [-0.3, -0.25) is 0 Å². The summed E-state index contributed by atoms with van der Waals surface area (Å²) in [7, 11) is 3.37. The molecule has 0 atom stereocenters. The van der Waals surface area contributed by atoms with Gasteiger partial charge in [0.05, 0.1) is 0 Å². The third kappa shape index (κ3) is 5.25. The molecule has 1 N–H and O–H groups in total. The summed E-state index contributed by atoms with van der Waals surface area (Å²) in [5.74, 6) is 1.73. The van der Waals surface area contributed by atoms with Crippen molar-refractivity contribution in [1.29, 1.82) is 0 Å². The molecule has 0 amide bonds. The summed E-state index contributed by atoms with van der Waals surface area (Å²) in [5.41, 5.74) is 0.482. The summed E-state index contributed by atoms with van der Waals surface area (Å²) in [6, 6.07) is 0. The highest BCUT2D eigenvalue weighted by Crippen LogP contribution is 2.39. The van der Waals surface area contributed by atoms with Gasteiger partial charge in [-0.15, -0.1) is 0 Å². The number of rotatable bonds is 6. The third-order valence-electron chi connectivity index (χ3n) is 4.34. The van der Waals surface area contributed by atoms with Crippen molar-refractivity contribution in [2.24, 2.45) is 17.3 Å². The Kier molecular flexibility index (Phi) is 6.61. The molecule has 0 unspecified atom stereocenters. The second-order valence-corrected chi connectivity index (χ2v) is 6.64. The fourth-order valence-corrected chi connectivity index (χ4v) is 2.90. The van der Waals surface area contributed by atoms with Crippen molar-refractivity contribution in [3.63, 3.8) is 0 Å². The van der Waals surface area contributed by atoms with Crippen LogP contribution in [0.15, 0.2) is 0 Å². The van der Waals surface area contributed by atoms with Gasteiger partial charge in [0.1, 0.15) is 0 Å². The Morgan fingerprint density at radius 2 is 1.61 bits per heavy atom. The van der Waals surface area contributed by atoms with Crippen LogP contribution in [0, 0.1) is 17.3 Å². The molecule has 0 aromatic carbocycles. The van der Waals surface area contributed by atoms with Gasteiger partial charge in [0, 0.05) is 20.8 Å². The van der Waals surface area contributed by atoms with Gasteiger partial charge in [-0.05, 0) is 49.5 Å². The maximum Gasteiger partial charge on any atom is 0.169 e. The van der Waals surface area contributed by atoms with E-state index in [9.17, 15) is 0 Å². The molecule has 18 heavy (non-hydrogen) atoms. The van der Waals surface area contributed by atoms with Crippen LogP contribution in [0.3, 0.4) is 0 Å². The van der Waals surface area contributed by atoms with Crippen molar-refractivity contribution in [1.82, 2.24) is 5.32 Å². The topological polar surface area (TPSA) is 30.5 Å². The molecule has 1 aliphatic carbocycles. The fraction of sp³-hybridized carbons (Fsp3) is 1.00. The fourth-order valence-electron chi connectivity index (χ4n) is 2.90. The lowest BCUT2D eigenvalue weighted by atomic mass is 9.70. The highest BCUT2D eigenvalue weighted by Gasteiger charge is 2.29. The Balaban J connectivity index is 2.16. The first-order valence-corrected chi connectivity index (χ1v) is 7.23. The molecule has 3 heteroatoms. The Labute approximate surface area is 113 Å². The van der Waals surface area contributed by atoms with E-state index in [1.54, 1.807) is 14.2 Å². The predicted molar refractivity (Wildman–Crippen MR) is 75.6 cm³/mol. The molecule has 1 aliphatic rings. The maximum atomic E-state index is 5.17. The monoisotopic (exact) mass is 257 g/mol. The summed E-state index contributed by atoms with van der Waals surface area (Å²) in [6.07, 6.45) is 5.37. The molecular weight excluding hydrogens is 226 g/mol. The van der Waals surface area contributed by atoms with E-state index in [0.29, 0.717) is 5.41 Å². The normalized spacial score (nSPS) is 25.7. The number of hydrogen-bond donors (Lipinski definition) is 1. The van der Waals surface area contributed by atoms with E-state index >= 15 is 0 Å². The van der Waals surface area contributed by atoms with Crippen molar-refractivity contribution in [2.45, 2.75) is 52.7 Å². The summed E-state index contributed by atoms with van der Waals surface area (Å²) < 4.78 is 10.3. The van der Waals surface area contributed by atoms with Crippen molar-refractivity contribution in [2.75, 3.05) is 27.3 Å². The SMILES string of the molecule is COC(CNCC1CCC(C(C)(C)C)CC1)OC. The molecule has 0 saturated heterocycles. The van der Waals surface area contributed by atoms with Crippen LogP contribution in [0.1, 0.15) is 46.5 Å². The Bertz CT molecular complexity index is 213. The van der Waals surface area contributed by atoms with Gasteiger partial charge in [-0.25, -0.2) is 0 Å². The van der Waals surface area contributed by atoms with Crippen LogP contribution >= 0.6 is 0 Å². The average molecular weight is 257 g/mol. The van der Waals surface area contributed by atoms with Crippen LogP contribution in [-0.2, 0) is 9.47 Å². The first-order chi connectivity index (χ1) is 8.47. The minimum absolute atomic E-state index is 0.115. The standard InChI is InChI=1S/C15H31NO2/c1-15(2,3)13-8-6-12(7-9-13)10-16-11-14(17-4)18-5/h12-14,16H,6-11H2,1-5H3. The van der Waals surface area contributed by atoms with Gasteiger partial charge in [0.2, 0.25) is 0 Å². The van der Waals surface area contributed by atoms with E-state index in [1.165, 1.54) is 25.7 Å². The molecule has 1 rings (SSSR count). The summed E-state index contributed by atoms with van der Waals surface area (Å²) in [6.45, 7) is 9.00. The maximum absolute atomic E-state index is 5.17. The number of nitrogens with one attached hydrogen (secondary N) is 1. The van der Waals surface area contributed by atoms with Gasteiger partial charge in [-0.2, -0.15) is 0 Å². The van der Waals surface area contributed by atoms with Crippen molar-refractivity contribution < 1.29 is 9.47 Å². The first kappa shape index (κ1) is 15.9. The van der Waals surface area contributed by atoms with Gasteiger partial charge >= 0.3 is 0 Å². The van der Waals surface area contributed by atoms with Crippen LogP contribution < -0.4 is 5.32 Å². The van der Waals surface area contributed by atoms with Crippen molar-refractivity contribution in [3.8, 4) is 0 Å². The van der Waals surface area contributed by atoms with Crippen LogP contribution in [0.5, 0.6) is 0 Å². The summed E-state index contributed by atoms with van der Waals surface area (Å²) >= 11 is 0. The van der Waals surface area contributed by atoms with Gasteiger partial charge in [0.25, 0.3) is 0 Å². The van der Waals surface area contributed by atoms with E-state index in [-0.39, 0.29) is 6.29 Å². The summed E-state index contributed by atoms with van der Waals surface area (Å²) in [4.78, 5) is 0. The van der Waals surface area contributed by atoms with Crippen LogP contribution in [-0.4, -0.2) is 33.6 Å². The van der Waals surface area contributed by atoms with E-state index in [2.05, 4.69) is 26.1 Å². The van der Waals surface area contributed by atoms with Crippen molar-refractivity contribution in [3.05, 3.63) is 0 Å². The van der Waals surface area contributed by atoms with Crippen LogP contribution in [0.4, 0.5) is 0 Å². The highest BCUT2D eigenvalue weighted by molar-refractivity contribution is 4.81. The van der Waals surface area contributed by atoms with Crippen LogP contribution in [0.2, 0.25) is 0 Å². The van der Waals surface area contributed by atoms with E-state index < -0.39 is 0 Å². The molecule has 1 fully saturated rings. The number of methoxy groups -OCH3 is 2. The second-order valence-electron chi connectivity index (χ2n) is 6.64. The zero-order chi connectivity index (χ0) is 13.6. The van der Waals surface area contributed by atoms with Crippen molar-refractivity contribution >= 4 is 0 Å².